The van der Waals surface area contributed by atoms with E-state index in [2.05, 4.69) is 22.6 Å². The number of hydrogen-bond donors (Lipinski definition) is 3. The molecule has 5 heteroatoms. The van der Waals surface area contributed by atoms with E-state index in [1.54, 1.807) is 6.07 Å². The Morgan fingerprint density at radius 1 is 1.46 bits per heavy atom. The van der Waals surface area contributed by atoms with E-state index in [4.69, 9.17) is 15.8 Å². The fourth-order valence-corrected chi connectivity index (χ4v) is 1.95. The Morgan fingerprint density at radius 3 is 2.54 bits per heavy atom. The van der Waals surface area contributed by atoms with E-state index in [-0.39, 0.29) is 0 Å². The van der Waals surface area contributed by atoms with E-state index < -0.39 is 7.12 Å². The molecule has 0 heterocycles. The number of nitrogens with two attached hydrogens (primary N) is 1. The van der Waals surface area contributed by atoms with Gasteiger partial charge in [-0.25, -0.2) is 0 Å². The van der Waals surface area contributed by atoms with Crippen LogP contribution in [0.4, 0.5) is 0 Å². The van der Waals surface area contributed by atoms with Crippen LogP contribution in [-0.4, -0.2) is 17.2 Å². The maximum Gasteiger partial charge on any atom is 0.488 e. The van der Waals surface area contributed by atoms with Gasteiger partial charge in [-0.3, -0.25) is 0 Å². The molecule has 0 spiro atoms. The molecule has 3 nitrogen and oxygen atoms in total. The van der Waals surface area contributed by atoms with Crippen molar-refractivity contribution in [3.05, 3.63) is 26.8 Å². The molecule has 70 valence electrons. The second-order valence-corrected chi connectivity index (χ2v) is 4.10. The maximum atomic E-state index is 9.06. The fraction of sp³-hybridized carbons (Fsp3) is 0.250. The summed E-state index contributed by atoms with van der Waals surface area (Å²) in [6.07, 6.45) is 0. The van der Waals surface area contributed by atoms with Crippen LogP contribution in [0, 0.1) is 10.5 Å². The molecule has 13 heavy (non-hydrogen) atoms. The topological polar surface area (TPSA) is 66.5 Å². The zero-order valence-corrected chi connectivity index (χ0v) is 9.45. The molecular weight excluding hydrogens is 280 g/mol. The van der Waals surface area contributed by atoms with Crippen molar-refractivity contribution in [1.82, 2.24) is 0 Å². The molecule has 1 aromatic rings. The van der Waals surface area contributed by atoms with Crippen molar-refractivity contribution in [3.8, 4) is 0 Å². The van der Waals surface area contributed by atoms with Gasteiger partial charge in [0.25, 0.3) is 0 Å². The Hall–Kier alpha value is -0.105. The highest BCUT2D eigenvalue weighted by atomic mass is 127. The van der Waals surface area contributed by atoms with Gasteiger partial charge in [-0.05, 0) is 58.2 Å². The molecule has 1 aromatic carbocycles. The maximum absolute atomic E-state index is 9.06. The highest BCUT2D eigenvalue weighted by Gasteiger charge is 2.16. The van der Waals surface area contributed by atoms with Gasteiger partial charge in [-0.15, -0.1) is 0 Å². The van der Waals surface area contributed by atoms with Crippen LogP contribution in [0.5, 0.6) is 0 Å². The lowest BCUT2D eigenvalue weighted by Crippen LogP contribution is -2.33. The summed E-state index contributed by atoms with van der Waals surface area (Å²) in [6.45, 7) is 2.26. The molecule has 4 N–H and O–H groups in total. The molecule has 0 aliphatic carbocycles. The molecule has 0 amide bonds. The van der Waals surface area contributed by atoms with Crippen LogP contribution in [0.2, 0.25) is 0 Å². The third-order valence-electron chi connectivity index (χ3n) is 2.02. The molecule has 0 bridgehead atoms. The molecule has 0 aliphatic heterocycles. The number of benzene rings is 1. The standard InChI is InChI=1S/C8H11BINO2/c1-5-6(4-11)2-7(10)3-8(5)9(12)13/h2-3,12-13H,4,11H2,1H3. The molecule has 0 saturated carbocycles. The van der Waals surface area contributed by atoms with Crippen molar-refractivity contribution in [1.29, 1.82) is 0 Å². The largest absolute Gasteiger partial charge is 0.488 e. The number of hydrogen-bond acceptors (Lipinski definition) is 3. The highest BCUT2D eigenvalue weighted by Crippen LogP contribution is 2.11. The molecule has 0 aliphatic rings. The van der Waals surface area contributed by atoms with Crippen LogP contribution in [-0.2, 0) is 6.54 Å². The first-order valence-electron chi connectivity index (χ1n) is 3.91. The van der Waals surface area contributed by atoms with Gasteiger partial charge in [0.05, 0.1) is 0 Å². The van der Waals surface area contributed by atoms with E-state index >= 15 is 0 Å². The molecule has 0 aromatic heterocycles. The van der Waals surface area contributed by atoms with Crippen LogP contribution in [0.3, 0.4) is 0 Å². The first-order chi connectivity index (χ1) is 6.06. The van der Waals surface area contributed by atoms with Crippen LogP contribution < -0.4 is 11.2 Å². The number of halogens is 1. The van der Waals surface area contributed by atoms with Crippen LogP contribution in [0.15, 0.2) is 12.1 Å². The van der Waals surface area contributed by atoms with Gasteiger partial charge >= 0.3 is 7.12 Å². The summed E-state index contributed by atoms with van der Waals surface area (Å²) in [4.78, 5) is 0. The first kappa shape index (κ1) is 11.0. The van der Waals surface area contributed by atoms with E-state index in [0.717, 1.165) is 14.7 Å². The Bertz CT molecular complexity index is 317. The minimum Gasteiger partial charge on any atom is -0.423 e. The summed E-state index contributed by atoms with van der Waals surface area (Å²) < 4.78 is 0.965. The van der Waals surface area contributed by atoms with Gasteiger partial charge in [0.2, 0.25) is 0 Å². The quantitative estimate of drug-likeness (QED) is 0.519. The fourth-order valence-electron chi connectivity index (χ4n) is 1.24. The summed E-state index contributed by atoms with van der Waals surface area (Å²) in [6, 6.07) is 3.70. The van der Waals surface area contributed by atoms with Gasteiger partial charge in [0.15, 0.2) is 0 Å². The lowest BCUT2D eigenvalue weighted by Gasteiger charge is -2.10. The van der Waals surface area contributed by atoms with E-state index in [1.807, 2.05) is 13.0 Å². The van der Waals surface area contributed by atoms with Crippen LogP contribution in [0.1, 0.15) is 11.1 Å². The molecule has 0 radical (unpaired) electrons. The minimum absolute atomic E-state index is 0.419. The second-order valence-electron chi connectivity index (χ2n) is 2.86. The van der Waals surface area contributed by atoms with Crippen molar-refractivity contribution < 1.29 is 10.0 Å². The van der Waals surface area contributed by atoms with Gasteiger partial charge in [-0.2, -0.15) is 0 Å². The van der Waals surface area contributed by atoms with Gasteiger partial charge in [-0.1, -0.05) is 0 Å². The second kappa shape index (κ2) is 4.41. The van der Waals surface area contributed by atoms with E-state index in [0.29, 0.717) is 12.0 Å². The lowest BCUT2D eigenvalue weighted by molar-refractivity contribution is 0.425. The van der Waals surface area contributed by atoms with Gasteiger partial charge in [0.1, 0.15) is 0 Å². The monoisotopic (exact) mass is 291 g/mol. The van der Waals surface area contributed by atoms with Crippen molar-refractivity contribution in [2.75, 3.05) is 0 Å². The normalized spacial score (nSPS) is 10.2. The first-order valence-corrected chi connectivity index (χ1v) is 4.99. The van der Waals surface area contributed by atoms with Gasteiger partial charge in [0, 0.05) is 10.1 Å². The molecular formula is C8H11BINO2. The molecule has 0 unspecified atom stereocenters. The summed E-state index contributed by atoms with van der Waals surface area (Å²) in [5.41, 5.74) is 7.87. The predicted molar refractivity (Wildman–Crippen MR) is 61.6 cm³/mol. The lowest BCUT2D eigenvalue weighted by atomic mass is 9.76. The highest BCUT2D eigenvalue weighted by molar-refractivity contribution is 14.1. The van der Waals surface area contributed by atoms with Crippen molar-refractivity contribution in [3.63, 3.8) is 0 Å². The molecule has 0 atom stereocenters. The van der Waals surface area contributed by atoms with Crippen molar-refractivity contribution >= 4 is 35.2 Å². The Kier molecular flexibility index (Phi) is 3.72. The third kappa shape index (κ3) is 2.43. The zero-order valence-electron chi connectivity index (χ0n) is 7.29. The molecule has 1 rings (SSSR count). The van der Waals surface area contributed by atoms with E-state index in [9.17, 15) is 0 Å². The van der Waals surface area contributed by atoms with Crippen LogP contribution >= 0.6 is 22.6 Å². The summed E-state index contributed by atoms with van der Waals surface area (Å²) in [5.74, 6) is 0. The van der Waals surface area contributed by atoms with Gasteiger partial charge < -0.3 is 15.8 Å². The molecule has 0 fully saturated rings. The molecule has 0 saturated heterocycles. The average molecular weight is 291 g/mol. The predicted octanol–water partition coefficient (Wildman–Crippen LogP) is -0.262. The summed E-state index contributed by atoms with van der Waals surface area (Å²) in [7, 11) is -1.42. The van der Waals surface area contributed by atoms with Crippen LogP contribution in [0.25, 0.3) is 0 Å². The smallest absolute Gasteiger partial charge is 0.423 e. The Morgan fingerprint density at radius 2 is 2.08 bits per heavy atom. The van der Waals surface area contributed by atoms with E-state index in [1.165, 1.54) is 0 Å². The van der Waals surface area contributed by atoms with Crippen molar-refractivity contribution in [2.45, 2.75) is 13.5 Å². The summed E-state index contributed by atoms with van der Waals surface area (Å²) in [5, 5.41) is 18.1. The SMILES string of the molecule is Cc1c(CN)cc(I)cc1B(O)O. The number of rotatable bonds is 2. The Labute approximate surface area is 91.2 Å². The van der Waals surface area contributed by atoms with Crippen molar-refractivity contribution in [2.24, 2.45) is 5.73 Å². The zero-order chi connectivity index (χ0) is 10.0. The average Bonchev–Trinajstić information content (AvgIpc) is 2.08. The summed E-state index contributed by atoms with van der Waals surface area (Å²) >= 11 is 2.13. The minimum atomic E-state index is -1.42. The third-order valence-corrected chi connectivity index (χ3v) is 2.64. The Balaban J connectivity index is 3.27.